The molecular weight excluding hydrogens is 324 g/mol. The standard InChI is InChI=1S/C14H20N2O6S/c1-16(8-10-6-4-3-5-7-10)13(14(18)21-2)12-11(17)9-22-23(19,20)15-12/h3-7,11-13,15,17H,8-9H2,1-2H3/t11-,12+,13-/m1/s1. The van der Waals surface area contributed by atoms with Crippen LogP contribution in [0.25, 0.3) is 0 Å². The van der Waals surface area contributed by atoms with Crippen LogP contribution in [0.15, 0.2) is 30.3 Å². The number of carbonyl (C=O) groups excluding carboxylic acids is 1. The first kappa shape index (κ1) is 17.8. The molecule has 0 amide bonds. The molecule has 1 aliphatic heterocycles. The number of methoxy groups -OCH3 is 1. The number of hydrogen-bond acceptors (Lipinski definition) is 7. The molecule has 1 heterocycles. The lowest BCUT2D eigenvalue weighted by Crippen LogP contribution is -2.63. The van der Waals surface area contributed by atoms with Crippen LogP contribution in [0, 0.1) is 0 Å². The molecule has 1 saturated heterocycles. The number of aliphatic hydroxyl groups is 1. The first-order chi connectivity index (χ1) is 10.8. The van der Waals surface area contributed by atoms with Crippen molar-refractivity contribution in [2.75, 3.05) is 20.8 Å². The smallest absolute Gasteiger partial charge is 0.336 e. The van der Waals surface area contributed by atoms with Gasteiger partial charge in [0.2, 0.25) is 0 Å². The molecule has 1 aliphatic rings. The second-order valence-corrected chi connectivity index (χ2v) is 6.70. The third-order valence-corrected chi connectivity index (χ3v) is 4.63. The highest BCUT2D eigenvalue weighted by Crippen LogP contribution is 2.17. The minimum absolute atomic E-state index is 0.381. The zero-order valence-corrected chi connectivity index (χ0v) is 13.7. The van der Waals surface area contributed by atoms with E-state index in [9.17, 15) is 18.3 Å². The van der Waals surface area contributed by atoms with Crippen molar-refractivity contribution >= 4 is 16.3 Å². The maximum absolute atomic E-state index is 12.1. The van der Waals surface area contributed by atoms with Gasteiger partial charge in [-0.05, 0) is 12.6 Å². The molecule has 9 heteroatoms. The third kappa shape index (κ3) is 4.49. The van der Waals surface area contributed by atoms with Crippen LogP contribution in [0.1, 0.15) is 5.56 Å². The van der Waals surface area contributed by atoms with E-state index in [0.29, 0.717) is 6.54 Å². The Kier molecular flexibility index (Phi) is 5.71. The monoisotopic (exact) mass is 344 g/mol. The van der Waals surface area contributed by atoms with E-state index in [1.807, 2.05) is 30.3 Å². The van der Waals surface area contributed by atoms with Gasteiger partial charge >= 0.3 is 16.3 Å². The molecule has 3 atom stereocenters. The van der Waals surface area contributed by atoms with Crippen molar-refractivity contribution in [3.8, 4) is 0 Å². The number of carbonyl (C=O) groups is 1. The minimum Gasteiger partial charge on any atom is -0.468 e. The van der Waals surface area contributed by atoms with Crippen LogP contribution in [-0.2, 0) is 30.6 Å². The van der Waals surface area contributed by atoms with E-state index in [0.717, 1.165) is 5.56 Å². The molecule has 1 aromatic rings. The predicted molar refractivity (Wildman–Crippen MR) is 81.5 cm³/mol. The third-order valence-electron chi connectivity index (χ3n) is 3.62. The zero-order chi connectivity index (χ0) is 17.0. The van der Waals surface area contributed by atoms with E-state index in [1.165, 1.54) is 7.11 Å². The summed E-state index contributed by atoms with van der Waals surface area (Å²) in [6.45, 7) is -0.0287. The van der Waals surface area contributed by atoms with Gasteiger partial charge in [0.25, 0.3) is 0 Å². The fourth-order valence-corrected chi connectivity index (χ4v) is 3.51. The normalized spacial score (nSPS) is 25.0. The number of ether oxygens (including phenoxy) is 1. The van der Waals surface area contributed by atoms with Crippen molar-refractivity contribution in [1.29, 1.82) is 0 Å². The highest BCUT2D eigenvalue weighted by molar-refractivity contribution is 7.84. The molecule has 8 nitrogen and oxygen atoms in total. The number of likely N-dealkylation sites (N-methyl/N-ethyl adjacent to an activating group) is 1. The Balaban J connectivity index is 2.23. The largest absolute Gasteiger partial charge is 0.468 e. The summed E-state index contributed by atoms with van der Waals surface area (Å²) in [6, 6.07) is 7.32. The summed E-state index contributed by atoms with van der Waals surface area (Å²) in [5.74, 6) is -0.642. The van der Waals surface area contributed by atoms with Crippen molar-refractivity contribution < 1.29 is 27.2 Å². The number of hydrogen-bond donors (Lipinski definition) is 2. The average Bonchev–Trinajstić information content (AvgIpc) is 2.51. The maximum Gasteiger partial charge on any atom is 0.336 e. The molecule has 0 unspecified atom stereocenters. The van der Waals surface area contributed by atoms with Crippen LogP contribution in [0.5, 0.6) is 0 Å². The van der Waals surface area contributed by atoms with E-state index in [2.05, 4.69) is 8.91 Å². The number of rotatable bonds is 5. The topological polar surface area (TPSA) is 105 Å². The van der Waals surface area contributed by atoms with Crippen molar-refractivity contribution in [3.63, 3.8) is 0 Å². The van der Waals surface area contributed by atoms with Gasteiger partial charge < -0.3 is 9.84 Å². The van der Waals surface area contributed by atoms with E-state index >= 15 is 0 Å². The maximum atomic E-state index is 12.1. The van der Waals surface area contributed by atoms with Crippen molar-refractivity contribution in [2.24, 2.45) is 0 Å². The number of nitrogens with zero attached hydrogens (tertiary/aromatic N) is 1. The molecule has 0 aliphatic carbocycles. The SMILES string of the molecule is COC(=O)[C@@H]([C@H]1NS(=O)(=O)OC[C@H]1O)N(C)Cc1ccccc1. The summed E-state index contributed by atoms with van der Waals surface area (Å²) < 4.78 is 34.6. The van der Waals surface area contributed by atoms with Crippen molar-refractivity contribution in [2.45, 2.75) is 24.7 Å². The van der Waals surface area contributed by atoms with Gasteiger partial charge in [0, 0.05) is 6.54 Å². The summed E-state index contributed by atoms with van der Waals surface area (Å²) in [4.78, 5) is 13.8. The summed E-state index contributed by atoms with van der Waals surface area (Å²) >= 11 is 0. The van der Waals surface area contributed by atoms with Crippen LogP contribution in [0.3, 0.4) is 0 Å². The molecule has 2 N–H and O–H groups in total. The molecule has 1 aromatic carbocycles. The van der Waals surface area contributed by atoms with Gasteiger partial charge in [-0.25, -0.2) is 0 Å². The average molecular weight is 344 g/mol. The Morgan fingerprint density at radius 2 is 2.13 bits per heavy atom. The second-order valence-electron chi connectivity index (χ2n) is 5.32. The van der Waals surface area contributed by atoms with E-state index in [4.69, 9.17) is 4.74 Å². The lowest BCUT2D eigenvalue weighted by molar-refractivity contribution is -0.149. The van der Waals surface area contributed by atoms with Crippen LogP contribution >= 0.6 is 0 Å². The molecule has 2 rings (SSSR count). The van der Waals surface area contributed by atoms with Gasteiger partial charge in [-0.15, -0.1) is 0 Å². The van der Waals surface area contributed by atoms with Crippen molar-refractivity contribution in [1.82, 2.24) is 9.62 Å². The van der Waals surface area contributed by atoms with Crippen LogP contribution in [0.2, 0.25) is 0 Å². The van der Waals surface area contributed by atoms with Gasteiger partial charge in [-0.2, -0.15) is 13.1 Å². The second kappa shape index (κ2) is 7.37. The lowest BCUT2D eigenvalue weighted by atomic mass is 10.0. The number of nitrogens with one attached hydrogen (secondary N) is 1. The molecule has 0 aromatic heterocycles. The number of esters is 1. The Hall–Kier alpha value is -1.52. The Bertz CT molecular complexity index is 636. The number of benzene rings is 1. The highest BCUT2D eigenvalue weighted by Gasteiger charge is 2.43. The number of aliphatic hydroxyl groups excluding tert-OH is 1. The minimum atomic E-state index is -4.00. The first-order valence-electron chi connectivity index (χ1n) is 7.01. The van der Waals surface area contributed by atoms with Gasteiger partial charge in [0.1, 0.15) is 6.04 Å². The summed E-state index contributed by atoms with van der Waals surface area (Å²) in [5, 5.41) is 10.0. The van der Waals surface area contributed by atoms with Crippen LogP contribution in [-0.4, -0.2) is 63.3 Å². The molecular formula is C14H20N2O6S. The predicted octanol–water partition coefficient (Wildman–Crippen LogP) is -0.746. The van der Waals surface area contributed by atoms with Crippen LogP contribution < -0.4 is 4.72 Å². The summed E-state index contributed by atoms with van der Waals surface area (Å²) in [7, 11) is -1.13. The molecule has 23 heavy (non-hydrogen) atoms. The van der Waals surface area contributed by atoms with Gasteiger partial charge in [0.15, 0.2) is 0 Å². The van der Waals surface area contributed by atoms with Crippen molar-refractivity contribution in [3.05, 3.63) is 35.9 Å². The Morgan fingerprint density at radius 3 is 2.74 bits per heavy atom. The molecule has 0 radical (unpaired) electrons. The fourth-order valence-electron chi connectivity index (χ4n) is 2.51. The van der Waals surface area contributed by atoms with E-state index in [1.54, 1.807) is 11.9 Å². The fraction of sp³-hybridized carbons (Fsp3) is 0.500. The Labute approximate surface area is 135 Å². The van der Waals surface area contributed by atoms with Gasteiger partial charge in [-0.3, -0.25) is 13.9 Å². The van der Waals surface area contributed by atoms with E-state index < -0.39 is 41.1 Å². The molecule has 0 bridgehead atoms. The van der Waals surface area contributed by atoms with Crippen LogP contribution in [0.4, 0.5) is 0 Å². The molecule has 128 valence electrons. The molecule has 1 fully saturated rings. The lowest BCUT2D eigenvalue weighted by Gasteiger charge is -2.37. The highest BCUT2D eigenvalue weighted by atomic mass is 32.2. The quantitative estimate of drug-likeness (QED) is 0.677. The zero-order valence-electron chi connectivity index (χ0n) is 12.9. The first-order valence-corrected chi connectivity index (χ1v) is 8.41. The van der Waals surface area contributed by atoms with Gasteiger partial charge in [0.05, 0.1) is 25.9 Å². The summed E-state index contributed by atoms with van der Waals surface area (Å²) in [5.41, 5.74) is 0.938. The van der Waals surface area contributed by atoms with E-state index in [-0.39, 0.29) is 0 Å². The Morgan fingerprint density at radius 1 is 1.48 bits per heavy atom. The van der Waals surface area contributed by atoms with Gasteiger partial charge in [-0.1, -0.05) is 30.3 Å². The molecule has 0 saturated carbocycles. The summed E-state index contributed by atoms with van der Waals surface area (Å²) in [6.07, 6.45) is -1.17. The molecule has 0 spiro atoms.